The van der Waals surface area contributed by atoms with Crippen molar-refractivity contribution in [2.24, 2.45) is 11.3 Å². The van der Waals surface area contributed by atoms with Gasteiger partial charge >= 0.3 is 0 Å². The Hall–Kier alpha value is 0.250. The van der Waals surface area contributed by atoms with Crippen LogP contribution in [0.4, 0.5) is 0 Å². The highest BCUT2D eigenvalue weighted by Gasteiger charge is 2.49. The molecule has 2 aliphatic rings. The lowest BCUT2D eigenvalue weighted by Gasteiger charge is -2.25. The van der Waals surface area contributed by atoms with Gasteiger partial charge in [0.1, 0.15) is 0 Å². The van der Waals surface area contributed by atoms with Gasteiger partial charge in [0, 0.05) is 5.88 Å². The van der Waals surface area contributed by atoms with Crippen LogP contribution in [0.2, 0.25) is 0 Å². The Balaban J connectivity index is 2.14. The van der Waals surface area contributed by atoms with Gasteiger partial charge in [-0.1, -0.05) is 0 Å². The van der Waals surface area contributed by atoms with Crippen LogP contribution in [0, 0.1) is 11.3 Å². The lowest BCUT2D eigenvalue weighted by Crippen LogP contribution is -2.22. The first kappa shape index (κ1) is 6.93. The molecule has 1 N–H and O–H groups in total. The van der Waals surface area contributed by atoms with Gasteiger partial charge in [-0.15, -0.1) is 11.6 Å². The van der Waals surface area contributed by atoms with E-state index in [2.05, 4.69) is 0 Å². The summed E-state index contributed by atoms with van der Waals surface area (Å²) in [6.45, 7) is 0. The summed E-state index contributed by atoms with van der Waals surface area (Å²) in [5.41, 5.74) is 0.339. The number of aliphatic hydroxyl groups excluding tert-OH is 1. The van der Waals surface area contributed by atoms with Crippen molar-refractivity contribution in [3.63, 3.8) is 0 Å². The minimum absolute atomic E-state index is 0.0347. The van der Waals surface area contributed by atoms with Crippen molar-refractivity contribution in [1.82, 2.24) is 0 Å². The van der Waals surface area contributed by atoms with E-state index in [0.717, 1.165) is 12.3 Å². The van der Waals surface area contributed by atoms with Crippen LogP contribution in [0.15, 0.2) is 0 Å². The first-order chi connectivity index (χ1) is 4.76. The predicted octanol–water partition coefficient (Wildman–Crippen LogP) is 1.78. The molecule has 3 unspecified atom stereocenters. The first-order valence-corrected chi connectivity index (χ1v) is 4.53. The zero-order chi connectivity index (χ0) is 7.19. The van der Waals surface area contributed by atoms with E-state index in [1.807, 2.05) is 0 Å². The molecule has 2 rings (SSSR count). The molecule has 0 aliphatic heterocycles. The molecule has 0 aromatic heterocycles. The molecule has 0 aromatic rings. The van der Waals surface area contributed by atoms with Crippen molar-refractivity contribution in [1.29, 1.82) is 0 Å². The number of hydrogen-bond donors (Lipinski definition) is 1. The second-order valence-corrected chi connectivity index (χ2v) is 4.18. The minimum atomic E-state index is -0.0347. The van der Waals surface area contributed by atoms with E-state index in [9.17, 15) is 5.11 Å². The molecule has 0 saturated heterocycles. The molecule has 3 atom stereocenters. The van der Waals surface area contributed by atoms with Crippen LogP contribution in [0.5, 0.6) is 0 Å². The van der Waals surface area contributed by atoms with Crippen LogP contribution in [0.3, 0.4) is 0 Å². The Labute approximate surface area is 66.4 Å². The third kappa shape index (κ3) is 0.802. The molecular weight excluding hydrogens is 148 g/mol. The van der Waals surface area contributed by atoms with Crippen molar-refractivity contribution >= 4 is 11.6 Å². The summed E-state index contributed by atoms with van der Waals surface area (Å²) in [5.74, 6) is 1.33. The number of halogens is 1. The maximum Gasteiger partial charge on any atom is 0.0574 e. The number of fused-ring (bicyclic) bond motifs is 2. The lowest BCUT2D eigenvalue weighted by molar-refractivity contribution is 0.100. The largest absolute Gasteiger partial charge is 0.393 e. The number of rotatable bonds is 1. The number of hydrogen-bond acceptors (Lipinski definition) is 1. The summed E-state index contributed by atoms with van der Waals surface area (Å²) in [6, 6.07) is 0. The van der Waals surface area contributed by atoms with Gasteiger partial charge in [0.15, 0.2) is 0 Å². The average molecular weight is 161 g/mol. The van der Waals surface area contributed by atoms with Gasteiger partial charge in [-0.05, 0) is 37.0 Å². The molecule has 2 fully saturated rings. The van der Waals surface area contributed by atoms with Crippen molar-refractivity contribution in [2.75, 3.05) is 5.88 Å². The van der Waals surface area contributed by atoms with E-state index < -0.39 is 0 Å². The van der Waals surface area contributed by atoms with Crippen LogP contribution in [0.25, 0.3) is 0 Å². The number of aliphatic hydroxyl groups is 1. The normalized spacial score (nSPS) is 52.2. The highest BCUT2D eigenvalue weighted by Crippen LogP contribution is 2.54. The van der Waals surface area contributed by atoms with Gasteiger partial charge in [0.25, 0.3) is 0 Å². The second-order valence-electron chi connectivity index (χ2n) is 3.91. The summed E-state index contributed by atoms with van der Waals surface area (Å²) in [5, 5.41) is 9.46. The van der Waals surface area contributed by atoms with E-state index in [1.165, 1.54) is 19.3 Å². The Morgan fingerprint density at radius 3 is 2.60 bits per heavy atom. The maximum atomic E-state index is 9.46. The Kier molecular flexibility index (Phi) is 1.47. The SMILES string of the molecule is OC1CC2(CCl)CCC1C2. The third-order valence-electron chi connectivity index (χ3n) is 3.21. The second kappa shape index (κ2) is 2.12. The molecular formula is C8H13ClO. The van der Waals surface area contributed by atoms with E-state index in [1.54, 1.807) is 0 Å². The maximum absolute atomic E-state index is 9.46. The Morgan fingerprint density at radius 2 is 2.30 bits per heavy atom. The molecule has 10 heavy (non-hydrogen) atoms. The van der Waals surface area contributed by atoms with Gasteiger partial charge < -0.3 is 5.11 Å². The molecule has 2 saturated carbocycles. The lowest BCUT2D eigenvalue weighted by atomic mass is 9.85. The van der Waals surface area contributed by atoms with E-state index in [4.69, 9.17) is 11.6 Å². The molecule has 0 aromatic carbocycles. The highest BCUT2D eigenvalue weighted by molar-refractivity contribution is 6.18. The molecule has 1 nitrogen and oxygen atoms in total. The molecule has 2 heteroatoms. The molecule has 2 aliphatic carbocycles. The van der Waals surface area contributed by atoms with E-state index in [-0.39, 0.29) is 6.10 Å². The highest BCUT2D eigenvalue weighted by atomic mass is 35.5. The smallest absolute Gasteiger partial charge is 0.0574 e. The zero-order valence-electron chi connectivity index (χ0n) is 6.02. The van der Waals surface area contributed by atoms with Gasteiger partial charge in [-0.25, -0.2) is 0 Å². The van der Waals surface area contributed by atoms with Crippen LogP contribution >= 0.6 is 11.6 Å². The summed E-state index contributed by atoms with van der Waals surface area (Å²) in [7, 11) is 0. The topological polar surface area (TPSA) is 20.2 Å². The standard InChI is InChI=1S/C8H13ClO/c9-5-8-2-1-6(3-8)7(10)4-8/h6-7,10H,1-5H2. The molecule has 0 amide bonds. The van der Waals surface area contributed by atoms with Gasteiger partial charge in [-0.2, -0.15) is 0 Å². The van der Waals surface area contributed by atoms with E-state index >= 15 is 0 Å². The Morgan fingerprint density at radius 1 is 1.50 bits per heavy atom. The average Bonchev–Trinajstić information content (AvgIpc) is 2.45. The van der Waals surface area contributed by atoms with Crippen molar-refractivity contribution in [3.8, 4) is 0 Å². The van der Waals surface area contributed by atoms with E-state index in [0.29, 0.717) is 11.3 Å². The monoisotopic (exact) mass is 160 g/mol. The summed E-state index contributed by atoms with van der Waals surface area (Å²) >= 11 is 5.85. The van der Waals surface area contributed by atoms with Crippen molar-refractivity contribution in [3.05, 3.63) is 0 Å². The molecule has 0 spiro atoms. The molecule has 58 valence electrons. The molecule has 2 bridgehead atoms. The van der Waals surface area contributed by atoms with Crippen LogP contribution in [0.1, 0.15) is 25.7 Å². The quantitative estimate of drug-likeness (QED) is 0.580. The fraction of sp³-hybridized carbons (Fsp3) is 1.00. The van der Waals surface area contributed by atoms with Crippen molar-refractivity contribution in [2.45, 2.75) is 31.8 Å². The van der Waals surface area contributed by atoms with Gasteiger partial charge in [0.05, 0.1) is 6.10 Å². The number of alkyl halides is 1. The van der Waals surface area contributed by atoms with Crippen LogP contribution in [-0.2, 0) is 0 Å². The summed E-state index contributed by atoms with van der Waals surface area (Å²) in [4.78, 5) is 0. The summed E-state index contributed by atoms with van der Waals surface area (Å²) in [6.07, 6.45) is 4.55. The first-order valence-electron chi connectivity index (χ1n) is 4.00. The molecule has 0 radical (unpaired) electrons. The Bertz CT molecular complexity index is 144. The van der Waals surface area contributed by atoms with Gasteiger partial charge in [-0.3, -0.25) is 0 Å². The van der Waals surface area contributed by atoms with Gasteiger partial charge in [0.2, 0.25) is 0 Å². The van der Waals surface area contributed by atoms with Crippen LogP contribution in [-0.4, -0.2) is 17.1 Å². The molecule has 0 heterocycles. The third-order valence-corrected chi connectivity index (χ3v) is 3.78. The zero-order valence-corrected chi connectivity index (χ0v) is 6.77. The fourth-order valence-corrected chi connectivity index (χ4v) is 2.90. The predicted molar refractivity (Wildman–Crippen MR) is 41.1 cm³/mol. The minimum Gasteiger partial charge on any atom is -0.393 e. The van der Waals surface area contributed by atoms with Crippen LogP contribution < -0.4 is 0 Å². The fourth-order valence-electron chi connectivity index (χ4n) is 2.55. The summed E-state index contributed by atoms with van der Waals surface area (Å²) < 4.78 is 0. The van der Waals surface area contributed by atoms with Crippen molar-refractivity contribution < 1.29 is 5.11 Å².